The van der Waals surface area contributed by atoms with Gasteiger partial charge in [-0.15, -0.1) is 0 Å². The van der Waals surface area contributed by atoms with E-state index in [0.717, 1.165) is 6.54 Å². The van der Waals surface area contributed by atoms with Gasteiger partial charge in [0, 0.05) is 6.42 Å². The van der Waals surface area contributed by atoms with Crippen molar-refractivity contribution in [2.75, 3.05) is 0 Å². The first-order valence-corrected chi connectivity index (χ1v) is 20.4. The summed E-state index contributed by atoms with van der Waals surface area (Å²) in [6, 6.07) is 0. The zero-order chi connectivity index (χ0) is 30.9. The molecule has 0 spiro atoms. The quantitative estimate of drug-likeness (QED) is 0.0540. The number of nitrogens with zero attached hydrogens (tertiary/aromatic N) is 2. The Kier molecular flexibility index (Phi) is 30.5. The number of imidazole rings is 1. The molecule has 1 rings (SSSR count). The van der Waals surface area contributed by atoms with Crippen LogP contribution in [0.2, 0.25) is 0 Å². The van der Waals surface area contributed by atoms with Crippen molar-refractivity contribution in [3.05, 3.63) is 18.2 Å². The molecule has 2 nitrogen and oxygen atoms in total. The van der Waals surface area contributed by atoms with E-state index >= 15 is 0 Å². The number of rotatable bonds is 35. The van der Waals surface area contributed by atoms with Gasteiger partial charge in [0.15, 0.2) is 0 Å². The summed E-state index contributed by atoms with van der Waals surface area (Å²) in [6.07, 6.45) is 52.3. The van der Waals surface area contributed by atoms with Crippen LogP contribution in [-0.4, -0.2) is 4.57 Å². The third-order valence-electron chi connectivity index (χ3n) is 9.94. The van der Waals surface area contributed by atoms with Gasteiger partial charge in [0.1, 0.15) is 12.4 Å². The molecule has 0 amide bonds. The van der Waals surface area contributed by atoms with Crippen molar-refractivity contribution in [2.24, 2.45) is 0 Å². The minimum Gasteiger partial charge on any atom is -0.235 e. The second kappa shape index (κ2) is 32.6. The summed E-state index contributed by atoms with van der Waals surface area (Å²) in [5.74, 6) is 1.58. The first-order chi connectivity index (χ1) is 21.3. The van der Waals surface area contributed by atoms with Crippen LogP contribution >= 0.6 is 0 Å². The van der Waals surface area contributed by atoms with Crippen molar-refractivity contribution < 1.29 is 4.57 Å². The molecular formula is C41H81N2+. The fraction of sp³-hybridized carbons (Fsp3) is 0.927. The smallest absolute Gasteiger partial charge is 0.235 e. The van der Waals surface area contributed by atoms with Gasteiger partial charge in [-0.05, 0) is 26.2 Å². The summed E-state index contributed by atoms with van der Waals surface area (Å²) in [7, 11) is 0. The van der Waals surface area contributed by atoms with Gasteiger partial charge in [0.05, 0.1) is 13.1 Å². The molecule has 0 aliphatic rings. The van der Waals surface area contributed by atoms with Gasteiger partial charge in [-0.2, -0.15) is 0 Å². The van der Waals surface area contributed by atoms with E-state index in [1.54, 1.807) is 5.82 Å². The Morgan fingerprint density at radius 1 is 0.395 bits per heavy atom. The highest BCUT2D eigenvalue weighted by Crippen LogP contribution is 2.16. The minimum atomic E-state index is 1.11. The van der Waals surface area contributed by atoms with Crippen molar-refractivity contribution in [1.82, 2.24) is 4.57 Å². The third-order valence-corrected chi connectivity index (χ3v) is 9.94. The Balaban J connectivity index is 1.94. The topological polar surface area (TPSA) is 8.81 Å². The molecule has 1 aromatic heterocycles. The first-order valence-electron chi connectivity index (χ1n) is 20.4. The third kappa shape index (κ3) is 25.1. The molecular weight excluding hydrogens is 520 g/mol. The van der Waals surface area contributed by atoms with Crippen molar-refractivity contribution >= 4 is 0 Å². The van der Waals surface area contributed by atoms with E-state index in [0.29, 0.717) is 0 Å². The van der Waals surface area contributed by atoms with E-state index in [-0.39, 0.29) is 0 Å². The average molecular weight is 602 g/mol. The predicted molar refractivity (Wildman–Crippen MR) is 193 cm³/mol. The minimum absolute atomic E-state index is 1.11. The molecule has 0 N–H and O–H groups in total. The lowest BCUT2D eigenvalue weighted by atomic mass is 10.0. The fourth-order valence-corrected chi connectivity index (χ4v) is 6.94. The molecule has 0 atom stereocenters. The molecule has 2 heteroatoms. The van der Waals surface area contributed by atoms with Crippen LogP contribution < -0.4 is 4.57 Å². The van der Waals surface area contributed by atoms with Gasteiger partial charge in [-0.3, -0.25) is 0 Å². The highest BCUT2D eigenvalue weighted by molar-refractivity contribution is 4.84. The number of hydrogen-bond acceptors (Lipinski definition) is 0. The fourth-order valence-electron chi connectivity index (χ4n) is 6.94. The Hall–Kier alpha value is -0.790. The molecule has 0 unspecified atom stereocenters. The molecule has 0 aliphatic carbocycles. The van der Waals surface area contributed by atoms with Gasteiger partial charge in [-0.1, -0.05) is 200 Å². The van der Waals surface area contributed by atoms with Gasteiger partial charge in [0.25, 0.3) is 5.82 Å². The van der Waals surface area contributed by atoms with E-state index < -0.39 is 0 Å². The summed E-state index contributed by atoms with van der Waals surface area (Å²) in [4.78, 5) is 0. The second-order valence-corrected chi connectivity index (χ2v) is 14.1. The lowest BCUT2D eigenvalue weighted by Gasteiger charge is -2.06. The zero-order valence-electron chi connectivity index (χ0n) is 30.3. The molecule has 0 saturated heterocycles. The van der Waals surface area contributed by atoms with Gasteiger partial charge in [-0.25, -0.2) is 9.13 Å². The van der Waals surface area contributed by atoms with Crippen LogP contribution in [-0.2, 0) is 19.5 Å². The Labute approximate surface area is 272 Å². The van der Waals surface area contributed by atoms with Crippen LogP contribution in [0.3, 0.4) is 0 Å². The van der Waals surface area contributed by atoms with E-state index in [9.17, 15) is 0 Å². The van der Waals surface area contributed by atoms with Crippen LogP contribution in [0, 0.1) is 0 Å². The second-order valence-electron chi connectivity index (χ2n) is 14.1. The van der Waals surface area contributed by atoms with E-state index in [1.807, 2.05) is 0 Å². The predicted octanol–water partition coefficient (Wildman–Crippen LogP) is 13.9. The van der Waals surface area contributed by atoms with E-state index in [4.69, 9.17) is 0 Å². The van der Waals surface area contributed by atoms with Gasteiger partial charge < -0.3 is 0 Å². The normalized spacial score (nSPS) is 11.6. The number of unbranched alkanes of at least 4 members (excludes halogenated alkanes) is 30. The summed E-state index contributed by atoms with van der Waals surface area (Å²) in [6.45, 7) is 9.25. The van der Waals surface area contributed by atoms with E-state index in [1.165, 1.54) is 218 Å². The van der Waals surface area contributed by atoms with E-state index in [2.05, 4.69) is 42.3 Å². The lowest BCUT2D eigenvalue weighted by molar-refractivity contribution is -0.704. The number of aryl methyl sites for hydroxylation is 2. The summed E-state index contributed by atoms with van der Waals surface area (Å²) in [5, 5.41) is 0. The Bertz CT molecular complexity index is 663. The molecule has 0 radical (unpaired) electrons. The summed E-state index contributed by atoms with van der Waals surface area (Å²) >= 11 is 0. The SMILES string of the molecule is CCCCCCCCCCCCCCCCCCc1n(CC)cc[n+]1CCCCCCCCCCCCCCCCCC. The van der Waals surface area contributed by atoms with Crippen molar-refractivity contribution in [1.29, 1.82) is 0 Å². The van der Waals surface area contributed by atoms with Gasteiger partial charge >= 0.3 is 0 Å². The van der Waals surface area contributed by atoms with Crippen molar-refractivity contribution in [3.63, 3.8) is 0 Å². The van der Waals surface area contributed by atoms with Crippen LogP contribution in [0.4, 0.5) is 0 Å². The molecule has 1 heterocycles. The monoisotopic (exact) mass is 602 g/mol. The highest BCUT2D eigenvalue weighted by atomic mass is 15.1. The van der Waals surface area contributed by atoms with Gasteiger partial charge in [0.2, 0.25) is 0 Å². The van der Waals surface area contributed by atoms with Crippen molar-refractivity contribution in [2.45, 2.75) is 246 Å². The molecule has 254 valence electrons. The standard InChI is InChI=1S/C41H81N2/c1-4-7-9-11-13-15-17-19-21-23-25-27-29-31-33-35-37-41-42(6-3)39-40-43(41)38-36-34-32-30-28-26-24-22-20-18-16-14-12-10-8-5-2/h39-40H,4-38H2,1-3H3/q+1. The summed E-state index contributed by atoms with van der Waals surface area (Å²) in [5.41, 5.74) is 0. The van der Waals surface area contributed by atoms with Crippen LogP contribution in [0.5, 0.6) is 0 Å². The molecule has 43 heavy (non-hydrogen) atoms. The highest BCUT2D eigenvalue weighted by Gasteiger charge is 2.15. The lowest BCUT2D eigenvalue weighted by Crippen LogP contribution is -2.37. The Morgan fingerprint density at radius 3 is 1.02 bits per heavy atom. The largest absolute Gasteiger partial charge is 0.256 e. The first kappa shape index (κ1) is 40.2. The number of aromatic nitrogens is 2. The average Bonchev–Trinajstić information content (AvgIpc) is 3.42. The Morgan fingerprint density at radius 2 is 0.698 bits per heavy atom. The zero-order valence-corrected chi connectivity index (χ0v) is 30.3. The van der Waals surface area contributed by atoms with Crippen LogP contribution in [0.15, 0.2) is 12.4 Å². The summed E-state index contributed by atoms with van der Waals surface area (Å²) < 4.78 is 5.08. The van der Waals surface area contributed by atoms with Crippen LogP contribution in [0.1, 0.15) is 232 Å². The van der Waals surface area contributed by atoms with Crippen LogP contribution in [0.25, 0.3) is 0 Å². The maximum absolute atomic E-state index is 2.58. The van der Waals surface area contributed by atoms with Crippen molar-refractivity contribution in [3.8, 4) is 0 Å². The molecule has 0 saturated carbocycles. The maximum Gasteiger partial charge on any atom is 0.256 e. The molecule has 0 aromatic carbocycles. The number of hydrogen-bond donors (Lipinski definition) is 0. The molecule has 0 fully saturated rings. The maximum atomic E-state index is 2.58. The molecule has 1 aromatic rings. The molecule has 0 bridgehead atoms. The molecule has 0 aliphatic heterocycles.